The van der Waals surface area contributed by atoms with Crippen LogP contribution in [0.4, 0.5) is 0 Å². The maximum atomic E-state index is 12.8. The minimum Gasteiger partial charge on any atom is -0.381 e. The summed E-state index contributed by atoms with van der Waals surface area (Å²) in [5, 5.41) is 4.39. The highest BCUT2D eigenvalue weighted by atomic mass is 16.5. The maximum absolute atomic E-state index is 12.8. The van der Waals surface area contributed by atoms with Crippen LogP contribution in [0.15, 0.2) is 6.07 Å². The molecule has 0 radical (unpaired) electrons. The largest absolute Gasteiger partial charge is 0.381 e. The molecule has 2 saturated heterocycles. The molecule has 1 aromatic rings. The molecular weight excluding hydrogens is 318 g/mol. The molecule has 0 unspecified atom stereocenters. The standard InChI is InChI=1S/C19H29N3O3/c1-3-22-17(10-14(2)20-22)18(23)21-12-19(13-21)16(7-9-25-19)6-8-24-11-15-4-5-15/h10,15-16H,3-9,11-13H2,1-2H3/t16-/m0/s1. The van der Waals surface area contributed by atoms with Crippen LogP contribution in [0.2, 0.25) is 0 Å². The molecule has 0 bridgehead atoms. The summed E-state index contributed by atoms with van der Waals surface area (Å²) < 4.78 is 13.7. The number of rotatable bonds is 7. The zero-order valence-corrected chi connectivity index (χ0v) is 15.4. The van der Waals surface area contributed by atoms with Gasteiger partial charge in [-0.2, -0.15) is 5.10 Å². The second kappa shape index (κ2) is 6.72. The first kappa shape index (κ1) is 17.0. The second-order valence-electron chi connectivity index (χ2n) is 7.85. The van der Waals surface area contributed by atoms with Gasteiger partial charge >= 0.3 is 0 Å². The fourth-order valence-corrected chi connectivity index (χ4v) is 4.17. The van der Waals surface area contributed by atoms with Gasteiger partial charge in [0.15, 0.2) is 0 Å². The number of aromatic nitrogens is 2. The van der Waals surface area contributed by atoms with Crippen LogP contribution in [0, 0.1) is 18.8 Å². The van der Waals surface area contributed by atoms with Crippen molar-refractivity contribution < 1.29 is 14.3 Å². The Bertz CT molecular complexity index is 632. The van der Waals surface area contributed by atoms with Crippen molar-refractivity contribution in [1.29, 1.82) is 0 Å². The van der Waals surface area contributed by atoms with Crippen molar-refractivity contribution >= 4 is 5.91 Å². The molecule has 3 aliphatic rings. The predicted octanol–water partition coefficient (Wildman–Crippen LogP) is 2.26. The van der Waals surface area contributed by atoms with Crippen LogP contribution in [0.3, 0.4) is 0 Å². The first-order valence-corrected chi connectivity index (χ1v) is 9.67. The van der Waals surface area contributed by atoms with Crippen molar-refractivity contribution in [3.05, 3.63) is 17.5 Å². The Labute approximate surface area is 149 Å². The van der Waals surface area contributed by atoms with Crippen LogP contribution in [-0.2, 0) is 16.0 Å². The lowest BCUT2D eigenvalue weighted by Crippen LogP contribution is -2.66. The minimum absolute atomic E-state index is 0.0762. The first-order valence-electron chi connectivity index (χ1n) is 9.67. The number of carbonyl (C=O) groups excluding carboxylic acids is 1. The summed E-state index contributed by atoms with van der Waals surface area (Å²) in [7, 11) is 0. The van der Waals surface area contributed by atoms with Gasteiger partial charge in [-0.1, -0.05) is 0 Å². The Balaban J connectivity index is 1.31. The van der Waals surface area contributed by atoms with Crippen LogP contribution in [-0.4, -0.2) is 59.1 Å². The van der Waals surface area contributed by atoms with Gasteiger partial charge in [0.05, 0.1) is 18.8 Å². The summed E-state index contributed by atoms with van der Waals surface area (Å²) >= 11 is 0. The third-order valence-electron chi connectivity index (χ3n) is 5.89. The predicted molar refractivity (Wildman–Crippen MR) is 93.5 cm³/mol. The summed E-state index contributed by atoms with van der Waals surface area (Å²) in [5.74, 6) is 1.40. The van der Waals surface area contributed by atoms with Crippen molar-refractivity contribution in [1.82, 2.24) is 14.7 Å². The molecule has 1 aromatic heterocycles. The SMILES string of the molecule is CCn1nc(C)cc1C(=O)N1CC2(C1)OCC[C@@H]2CCOCC1CC1. The molecule has 2 aliphatic heterocycles. The molecule has 0 N–H and O–H groups in total. The number of hydrogen-bond acceptors (Lipinski definition) is 4. The van der Waals surface area contributed by atoms with Gasteiger partial charge in [0.1, 0.15) is 11.3 Å². The van der Waals surface area contributed by atoms with Gasteiger partial charge in [0.25, 0.3) is 5.91 Å². The van der Waals surface area contributed by atoms with E-state index in [9.17, 15) is 4.79 Å². The average molecular weight is 347 g/mol. The van der Waals surface area contributed by atoms with E-state index >= 15 is 0 Å². The van der Waals surface area contributed by atoms with Crippen molar-refractivity contribution in [3.63, 3.8) is 0 Å². The third kappa shape index (κ3) is 3.34. The number of likely N-dealkylation sites (tertiary alicyclic amines) is 1. The van der Waals surface area contributed by atoms with Gasteiger partial charge in [-0.25, -0.2) is 0 Å². The molecule has 4 rings (SSSR count). The topological polar surface area (TPSA) is 56.6 Å². The van der Waals surface area contributed by atoms with E-state index in [0.29, 0.717) is 31.2 Å². The van der Waals surface area contributed by atoms with Crippen molar-refractivity contribution in [3.8, 4) is 0 Å². The lowest BCUT2D eigenvalue weighted by atomic mass is 9.79. The number of aryl methyl sites for hydroxylation is 2. The number of amides is 1. The van der Waals surface area contributed by atoms with Gasteiger partial charge in [-0.05, 0) is 57.4 Å². The number of carbonyl (C=O) groups is 1. The van der Waals surface area contributed by atoms with Crippen LogP contribution in [0.1, 0.15) is 48.8 Å². The van der Waals surface area contributed by atoms with Gasteiger partial charge in [-0.15, -0.1) is 0 Å². The van der Waals surface area contributed by atoms with E-state index < -0.39 is 0 Å². The smallest absolute Gasteiger partial charge is 0.272 e. The van der Waals surface area contributed by atoms with Crippen molar-refractivity contribution in [2.24, 2.45) is 11.8 Å². The summed E-state index contributed by atoms with van der Waals surface area (Å²) in [6, 6.07) is 1.88. The average Bonchev–Trinajstić information content (AvgIpc) is 3.16. The molecule has 1 spiro atoms. The van der Waals surface area contributed by atoms with E-state index in [2.05, 4.69) is 5.10 Å². The minimum atomic E-state index is -0.134. The molecule has 1 amide bonds. The normalized spacial score (nSPS) is 24.7. The van der Waals surface area contributed by atoms with Crippen molar-refractivity contribution in [2.45, 2.75) is 51.7 Å². The molecule has 6 heteroatoms. The van der Waals surface area contributed by atoms with E-state index in [0.717, 1.165) is 44.3 Å². The second-order valence-corrected chi connectivity index (χ2v) is 7.85. The fourth-order valence-electron chi connectivity index (χ4n) is 4.17. The third-order valence-corrected chi connectivity index (χ3v) is 5.89. The maximum Gasteiger partial charge on any atom is 0.272 e. The van der Waals surface area contributed by atoms with E-state index in [1.54, 1.807) is 4.68 Å². The molecule has 25 heavy (non-hydrogen) atoms. The van der Waals surface area contributed by atoms with Gasteiger partial charge in [0, 0.05) is 26.4 Å². The van der Waals surface area contributed by atoms with Crippen LogP contribution in [0.5, 0.6) is 0 Å². The van der Waals surface area contributed by atoms with Gasteiger partial charge in [0.2, 0.25) is 0 Å². The molecule has 1 atom stereocenters. The highest BCUT2D eigenvalue weighted by molar-refractivity contribution is 5.93. The van der Waals surface area contributed by atoms with E-state index in [-0.39, 0.29) is 11.5 Å². The molecule has 0 aromatic carbocycles. The van der Waals surface area contributed by atoms with Crippen molar-refractivity contribution in [2.75, 3.05) is 32.9 Å². The zero-order chi connectivity index (χ0) is 17.4. The van der Waals surface area contributed by atoms with Gasteiger partial charge < -0.3 is 14.4 Å². The number of hydrogen-bond donors (Lipinski definition) is 0. The van der Waals surface area contributed by atoms with E-state index in [1.807, 2.05) is 24.8 Å². The fraction of sp³-hybridized carbons (Fsp3) is 0.789. The quantitative estimate of drug-likeness (QED) is 0.710. The Kier molecular flexibility index (Phi) is 4.58. The highest BCUT2D eigenvalue weighted by Gasteiger charge is 2.54. The molecule has 3 heterocycles. The summed E-state index contributed by atoms with van der Waals surface area (Å²) in [4.78, 5) is 14.7. The van der Waals surface area contributed by atoms with Crippen LogP contribution in [0.25, 0.3) is 0 Å². The summed E-state index contributed by atoms with van der Waals surface area (Å²) in [6.07, 6.45) is 4.80. The van der Waals surface area contributed by atoms with Crippen LogP contribution < -0.4 is 0 Å². The first-order chi connectivity index (χ1) is 12.1. The molecule has 1 aliphatic carbocycles. The Hall–Kier alpha value is -1.40. The molecule has 138 valence electrons. The molecule has 1 saturated carbocycles. The Morgan fingerprint density at radius 1 is 1.40 bits per heavy atom. The zero-order valence-electron chi connectivity index (χ0n) is 15.4. The van der Waals surface area contributed by atoms with Crippen LogP contribution >= 0.6 is 0 Å². The summed E-state index contributed by atoms with van der Waals surface area (Å²) in [5.41, 5.74) is 1.45. The molecule has 3 fully saturated rings. The van der Waals surface area contributed by atoms with Gasteiger partial charge in [-0.3, -0.25) is 9.48 Å². The molecule has 6 nitrogen and oxygen atoms in total. The Morgan fingerprint density at radius 2 is 2.20 bits per heavy atom. The summed E-state index contributed by atoms with van der Waals surface area (Å²) in [6.45, 7) is 8.61. The number of nitrogens with zero attached hydrogens (tertiary/aromatic N) is 3. The highest BCUT2D eigenvalue weighted by Crippen LogP contribution is 2.42. The monoisotopic (exact) mass is 347 g/mol. The van der Waals surface area contributed by atoms with E-state index in [1.165, 1.54) is 12.8 Å². The molecular formula is C19H29N3O3. The number of ether oxygens (including phenoxy) is 2. The lowest BCUT2D eigenvalue weighted by Gasteiger charge is -2.50. The van der Waals surface area contributed by atoms with E-state index in [4.69, 9.17) is 9.47 Å². The Morgan fingerprint density at radius 3 is 2.92 bits per heavy atom. The lowest BCUT2D eigenvalue weighted by molar-refractivity contribution is -0.120.